The van der Waals surface area contributed by atoms with Gasteiger partial charge in [0.2, 0.25) is 0 Å². The van der Waals surface area contributed by atoms with Gasteiger partial charge in [0.15, 0.2) is 0 Å². The van der Waals surface area contributed by atoms with E-state index in [1.807, 2.05) is 6.20 Å². The Labute approximate surface area is 128 Å². The van der Waals surface area contributed by atoms with Crippen molar-refractivity contribution in [3.63, 3.8) is 0 Å². The van der Waals surface area contributed by atoms with Crippen LogP contribution in [0.3, 0.4) is 0 Å². The summed E-state index contributed by atoms with van der Waals surface area (Å²) >= 11 is 0. The molecule has 0 aliphatic heterocycles. The molecule has 3 rings (SSSR count). The van der Waals surface area contributed by atoms with Gasteiger partial charge in [-0.25, -0.2) is 0 Å². The molecule has 0 atom stereocenters. The molecule has 0 bridgehead atoms. The molecule has 1 aliphatic rings. The molecule has 1 fully saturated rings. The van der Waals surface area contributed by atoms with E-state index in [2.05, 4.69) is 48.4 Å². The first kappa shape index (κ1) is 14.6. The molecule has 0 amide bonds. The third-order valence-electron chi connectivity index (χ3n) is 4.95. The second-order valence-electron chi connectivity index (χ2n) is 7.31. The predicted molar refractivity (Wildman–Crippen MR) is 90.4 cm³/mol. The van der Waals surface area contributed by atoms with E-state index in [1.54, 1.807) is 0 Å². The van der Waals surface area contributed by atoms with E-state index in [1.165, 1.54) is 55.1 Å². The van der Waals surface area contributed by atoms with E-state index in [9.17, 15) is 0 Å². The summed E-state index contributed by atoms with van der Waals surface area (Å²) in [4.78, 5) is 3.25. The highest BCUT2D eigenvalue weighted by Crippen LogP contribution is 2.42. The highest BCUT2D eigenvalue weighted by Gasteiger charge is 2.33. The Hall–Kier alpha value is -1.28. The fourth-order valence-corrected chi connectivity index (χ4v) is 4.13. The number of hydrogen-bond acceptors (Lipinski definition) is 1. The van der Waals surface area contributed by atoms with Crippen LogP contribution in [0.15, 0.2) is 30.5 Å². The van der Waals surface area contributed by atoms with Crippen LogP contribution in [0, 0.1) is 11.3 Å². The second kappa shape index (κ2) is 6.23. The minimum absolute atomic E-state index is 0.562. The van der Waals surface area contributed by atoms with Crippen LogP contribution >= 0.6 is 0 Å². The van der Waals surface area contributed by atoms with Crippen molar-refractivity contribution in [3.8, 4) is 0 Å². The molecule has 0 unspecified atom stereocenters. The van der Waals surface area contributed by atoms with E-state index in [-0.39, 0.29) is 0 Å². The van der Waals surface area contributed by atoms with Gasteiger partial charge in [-0.15, -0.1) is 0 Å². The molecule has 114 valence electrons. The molecule has 0 spiro atoms. The number of hydrogen-bond donors (Lipinski definition) is 2. The first-order chi connectivity index (χ1) is 10.2. The summed E-state index contributed by atoms with van der Waals surface area (Å²) < 4.78 is 0. The summed E-state index contributed by atoms with van der Waals surface area (Å²) in [6.45, 7) is 6.89. The molecular weight excluding hydrogens is 256 g/mol. The van der Waals surface area contributed by atoms with Gasteiger partial charge in [0, 0.05) is 24.8 Å². The third kappa shape index (κ3) is 3.49. The highest BCUT2D eigenvalue weighted by atomic mass is 14.9. The SMILES string of the molecule is CC(C)CC1(CNCc2ccc3[nH]ccc3c2)CCCC1. The third-order valence-corrected chi connectivity index (χ3v) is 4.95. The minimum Gasteiger partial charge on any atom is -0.361 e. The van der Waals surface area contributed by atoms with Crippen LogP contribution in [0.1, 0.15) is 51.5 Å². The molecule has 2 heteroatoms. The number of aromatic amines is 1. The van der Waals surface area contributed by atoms with Gasteiger partial charge < -0.3 is 10.3 Å². The average molecular weight is 284 g/mol. The number of benzene rings is 1. The Balaban J connectivity index is 1.58. The molecule has 1 saturated carbocycles. The van der Waals surface area contributed by atoms with Gasteiger partial charge in [-0.3, -0.25) is 0 Å². The number of aromatic nitrogens is 1. The summed E-state index contributed by atoms with van der Waals surface area (Å²) in [6.07, 6.45) is 9.05. The molecule has 1 heterocycles. The minimum atomic E-state index is 0.562. The van der Waals surface area contributed by atoms with E-state index in [0.717, 1.165) is 12.5 Å². The Morgan fingerprint density at radius 2 is 2.00 bits per heavy atom. The maximum Gasteiger partial charge on any atom is 0.0454 e. The van der Waals surface area contributed by atoms with Crippen molar-refractivity contribution in [3.05, 3.63) is 36.0 Å². The number of rotatable bonds is 6. The van der Waals surface area contributed by atoms with Gasteiger partial charge in [-0.05, 0) is 59.7 Å². The molecule has 2 nitrogen and oxygen atoms in total. The molecule has 1 aromatic carbocycles. The zero-order valence-electron chi connectivity index (χ0n) is 13.4. The van der Waals surface area contributed by atoms with Crippen molar-refractivity contribution >= 4 is 10.9 Å². The summed E-state index contributed by atoms with van der Waals surface area (Å²) in [7, 11) is 0. The lowest BCUT2D eigenvalue weighted by atomic mass is 9.78. The number of nitrogens with one attached hydrogen (secondary N) is 2. The molecule has 21 heavy (non-hydrogen) atoms. The lowest BCUT2D eigenvalue weighted by Gasteiger charge is -2.31. The van der Waals surface area contributed by atoms with Crippen molar-refractivity contribution in [2.45, 2.75) is 52.5 Å². The second-order valence-corrected chi connectivity index (χ2v) is 7.31. The Morgan fingerprint density at radius 1 is 1.19 bits per heavy atom. The van der Waals surface area contributed by atoms with Gasteiger partial charge in [0.25, 0.3) is 0 Å². The Bertz CT molecular complexity index is 576. The van der Waals surface area contributed by atoms with E-state index >= 15 is 0 Å². The van der Waals surface area contributed by atoms with Crippen molar-refractivity contribution < 1.29 is 0 Å². The fraction of sp³-hybridized carbons (Fsp3) is 0.579. The quantitative estimate of drug-likeness (QED) is 0.778. The zero-order chi connectivity index (χ0) is 14.7. The van der Waals surface area contributed by atoms with Crippen LogP contribution in [0.5, 0.6) is 0 Å². The van der Waals surface area contributed by atoms with Crippen LogP contribution in [-0.2, 0) is 6.54 Å². The molecule has 2 aromatic rings. The molecule has 0 saturated heterocycles. The largest absolute Gasteiger partial charge is 0.361 e. The summed E-state index contributed by atoms with van der Waals surface area (Å²) in [5, 5.41) is 5.05. The lowest BCUT2D eigenvalue weighted by Crippen LogP contribution is -2.33. The topological polar surface area (TPSA) is 27.8 Å². The van der Waals surface area contributed by atoms with Gasteiger partial charge in [0.05, 0.1) is 0 Å². The van der Waals surface area contributed by atoms with Crippen LogP contribution in [0.4, 0.5) is 0 Å². The summed E-state index contributed by atoms with van der Waals surface area (Å²) in [6, 6.07) is 8.86. The maximum atomic E-state index is 3.74. The predicted octanol–water partition coefficient (Wildman–Crippen LogP) is 4.86. The number of H-pyrrole nitrogens is 1. The molecule has 1 aromatic heterocycles. The van der Waals surface area contributed by atoms with Crippen molar-refractivity contribution in [2.24, 2.45) is 11.3 Å². The van der Waals surface area contributed by atoms with Crippen LogP contribution in [0.2, 0.25) is 0 Å². The smallest absolute Gasteiger partial charge is 0.0454 e. The van der Waals surface area contributed by atoms with Gasteiger partial charge in [-0.2, -0.15) is 0 Å². The lowest BCUT2D eigenvalue weighted by molar-refractivity contribution is 0.223. The van der Waals surface area contributed by atoms with Crippen molar-refractivity contribution in [1.29, 1.82) is 0 Å². The first-order valence-corrected chi connectivity index (χ1v) is 8.44. The van der Waals surface area contributed by atoms with E-state index in [4.69, 9.17) is 0 Å². The summed E-state index contributed by atoms with van der Waals surface area (Å²) in [5.74, 6) is 0.807. The monoisotopic (exact) mass is 284 g/mol. The van der Waals surface area contributed by atoms with Gasteiger partial charge in [-0.1, -0.05) is 32.8 Å². The Kier molecular flexibility index (Phi) is 4.34. The average Bonchev–Trinajstić information content (AvgIpc) is 3.07. The highest BCUT2D eigenvalue weighted by molar-refractivity contribution is 5.79. The van der Waals surface area contributed by atoms with Gasteiger partial charge in [0.1, 0.15) is 0 Å². The maximum absolute atomic E-state index is 3.74. The molecule has 0 radical (unpaired) electrons. The van der Waals surface area contributed by atoms with Crippen molar-refractivity contribution in [1.82, 2.24) is 10.3 Å². The fourth-order valence-electron chi connectivity index (χ4n) is 4.13. The van der Waals surface area contributed by atoms with E-state index in [0.29, 0.717) is 5.41 Å². The van der Waals surface area contributed by atoms with Gasteiger partial charge >= 0.3 is 0 Å². The first-order valence-electron chi connectivity index (χ1n) is 8.44. The van der Waals surface area contributed by atoms with Crippen LogP contribution in [0.25, 0.3) is 10.9 Å². The van der Waals surface area contributed by atoms with Crippen molar-refractivity contribution in [2.75, 3.05) is 6.54 Å². The van der Waals surface area contributed by atoms with Crippen LogP contribution in [-0.4, -0.2) is 11.5 Å². The zero-order valence-corrected chi connectivity index (χ0v) is 13.4. The van der Waals surface area contributed by atoms with E-state index < -0.39 is 0 Å². The summed E-state index contributed by atoms with van der Waals surface area (Å²) in [5.41, 5.74) is 3.18. The van der Waals surface area contributed by atoms with Crippen LogP contribution < -0.4 is 5.32 Å². The normalized spacial score (nSPS) is 17.9. The number of fused-ring (bicyclic) bond motifs is 1. The Morgan fingerprint density at radius 3 is 2.76 bits per heavy atom. The standard InChI is InChI=1S/C19H28N2/c1-15(2)12-19(8-3-4-9-19)14-20-13-16-5-6-18-17(11-16)7-10-21-18/h5-7,10-11,15,20-21H,3-4,8-9,12-14H2,1-2H3. The molecule has 2 N–H and O–H groups in total. The molecule has 1 aliphatic carbocycles. The molecular formula is C19H28N2.